The standard InChI is InChI=1S/C3H8O3.ClH.H2O2/c4-1-3(6)2-5;;1-2/h3-6H,1-2H2;1H;1-2H. The molecule has 0 spiro atoms. The van der Waals surface area contributed by atoms with Gasteiger partial charge in [-0.3, -0.25) is 10.5 Å². The summed E-state index contributed by atoms with van der Waals surface area (Å²) >= 11 is 0. The molecule has 0 aliphatic carbocycles. The van der Waals surface area contributed by atoms with Gasteiger partial charge >= 0.3 is 0 Å². The lowest BCUT2D eigenvalue weighted by Crippen LogP contribution is -2.15. The first-order chi connectivity index (χ1) is 3.81. The van der Waals surface area contributed by atoms with Crippen molar-refractivity contribution in [2.24, 2.45) is 0 Å². The molecule has 0 rings (SSSR count). The lowest BCUT2D eigenvalue weighted by molar-refractivity contribution is -0.176. The molecular weight excluding hydrogens is 151 g/mol. The fraction of sp³-hybridized carbons (Fsp3) is 1.00. The Morgan fingerprint density at radius 3 is 1.22 bits per heavy atom. The lowest BCUT2D eigenvalue weighted by Gasteiger charge is -1.96. The van der Waals surface area contributed by atoms with Crippen LogP contribution in [-0.2, 0) is 0 Å². The van der Waals surface area contributed by atoms with E-state index in [1.165, 1.54) is 0 Å². The van der Waals surface area contributed by atoms with Crippen LogP contribution in [0.25, 0.3) is 0 Å². The van der Waals surface area contributed by atoms with E-state index in [2.05, 4.69) is 0 Å². The molecule has 6 heteroatoms. The van der Waals surface area contributed by atoms with Gasteiger partial charge in [0.25, 0.3) is 0 Å². The smallest absolute Gasteiger partial charge is 0.100 e. The number of aliphatic hydroxyl groups is 3. The van der Waals surface area contributed by atoms with E-state index >= 15 is 0 Å². The number of hydrogen-bond acceptors (Lipinski definition) is 5. The van der Waals surface area contributed by atoms with Crippen molar-refractivity contribution < 1.29 is 25.8 Å². The van der Waals surface area contributed by atoms with E-state index in [9.17, 15) is 0 Å². The summed E-state index contributed by atoms with van der Waals surface area (Å²) in [5, 5.41) is 36.0. The van der Waals surface area contributed by atoms with Crippen LogP contribution in [0.3, 0.4) is 0 Å². The van der Waals surface area contributed by atoms with Gasteiger partial charge in [0.1, 0.15) is 6.10 Å². The Bertz CT molecular complexity index is 31.4. The average molecular weight is 163 g/mol. The van der Waals surface area contributed by atoms with Crippen molar-refractivity contribution in [3.8, 4) is 0 Å². The molecule has 0 atom stereocenters. The van der Waals surface area contributed by atoms with Gasteiger partial charge in [-0.1, -0.05) is 0 Å². The van der Waals surface area contributed by atoms with Crippen LogP contribution in [0.4, 0.5) is 0 Å². The monoisotopic (exact) mass is 162 g/mol. The molecule has 0 unspecified atom stereocenters. The number of halogens is 1. The topological polar surface area (TPSA) is 101 Å². The van der Waals surface area contributed by atoms with Crippen LogP contribution >= 0.6 is 12.4 Å². The third-order valence-electron chi connectivity index (χ3n) is 0.421. The molecule has 5 nitrogen and oxygen atoms in total. The summed E-state index contributed by atoms with van der Waals surface area (Å²) in [7, 11) is 0. The van der Waals surface area contributed by atoms with Gasteiger partial charge in [-0.25, -0.2) is 0 Å². The highest BCUT2D eigenvalue weighted by Crippen LogP contribution is 1.71. The van der Waals surface area contributed by atoms with Crippen molar-refractivity contribution in [1.82, 2.24) is 0 Å². The molecule has 0 aliphatic heterocycles. The zero-order chi connectivity index (χ0) is 6.99. The molecule has 0 aromatic carbocycles. The predicted molar refractivity (Wildman–Crippen MR) is 32.7 cm³/mol. The van der Waals surface area contributed by atoms with Crippen LogP contribution in [-0.4, -0.2) is 45.2 Å². The first kappa shape index (κ1) is 16.0. The molecular formula is C3H11ClO5. The minimum atomic E-state index is -0.954. The lowest BCUT2D eigenvalue weighted by atomic mass is 10.4. The van der Waals surface area contributed by atoms with Crippen LogP contribution in [0, 0.1) is 0 Å². The van der Waals surface area contributed by atoms with Crippen molar-refractivity contribution in [3.63, 3.8) is 0 Å². The second-order valence-electron chi connectivity index (χ2n) is 1.02. The van der Waals surface area contributed by atoms with E-state index < -0.39 is 6.10 Å². The number of rotatable bonds is 2. The first-order valence-corrected chi connectivity index (χ1v) is 1.91. The molecule has 0 amide bonds. The van der Waals surface area contributed by atoms with Crippen molar-refractivity contribution in [1.29, 1.82) is 0 Å². The molecule has 0 saturated heterocycles. The number of hydrogen-bond donors (Lipinski definition) is 5. The van der Waals surface area contributed by atoms with Crippen molar-refractivity contribution >= 4 is 12.4 Å². The molecule has 60 valence electrons. The highest BCUT2D eigenvalue weighted by atomic mass is 35.5. The van der Waals surface area contributed by atoms with Crippen molar-refractivity contribution in [3.05, 3.63) is 0 Å². The van der Waals surface area contributed by atoms with E-state index in [-0.39, 0.29) is 25.6 Å². The Kier molecular flexibility index (Phi) is 28.0. The van der Waals surface area contributed by atoms with Gasteiger partial charge in [0.05, 0.1) is 13.2 Å². The fourth-order valence-electron chi connectivity index (χ4n) is 0.0577. The molecule has 0 saturated carbocycles. The Morgan fingerprint density at radius 1 is 1.00 bits per heavy atom. The molecule has 0 bridgehead atoms. The van der Waals surface area contributed by atoms with E-state index in [1.54, 1.807) is 0 Å². The SMILES string of the molecule is Cl.OCC(O)CO.OO. The third kappa shape index (κ3) is 17.9. The molecule has 5 N–H and O–H groups in total. The molecule has 0 aliphatic rings. The Hall–Kier alpha value is 0.0900. The summed E-state index contributed by atoms with van der Waals surface area (Å²) in [4.78, 5) is 0. The van der Waals surface area contributed by atoms with E-state index in [1.807, 2.05) is 0 Å². The van der Waals surface area contributed by atoms with Gasteiger partial charge in [-0.15, -0.1) is 12.4 Å². The van der Waals surface area contributed by atoms with Gasteiger partial charge < -0.3 is 15.3 Å². The third-order valence-corrected chi connectivity index (χ3v) is 0.421. The zero-order valence-corrected chi connectivity index (χ0v) is 5.45. The highest BCUT2D eigenvalue weighted by molar-refractivity contribution is 5.85. The molecule has 0 aromatic heterocycles. The number of aliphatic hydroxyl groups excluding tert-OH is 3. The molecule has 9 heavy (non-hydrogen) atoms. The van der Waals surface area contributed by atoms with Gasteiger partial charge in [-0.05, 0) is 0 Å². The van der Waals surface area contributed by atoms with Crippen molar-refractivity contribution in [2.45, 2.75) is 6.10 Å². The summed E-state index contributed by atoms with van der Waals surface area (Å²) in [6.45, 7) is -0.729. The summed E-state index contributed by atoms with van der Waals surface area (Å²) in [5.74, 6) is 0. The maximum absolute atomic E-state index is 8.17. The second-order valence-corrected chi connectivity index (χ2v) is 1.02. The maximum Gasteiger partial charge on any atom is 0.100 e. The minimum Gasteiger partial charge on any atom is -0.394 e. The molecule has 0 aromatic rings. The molecule has 0 heterocycles. The first-order valence-electron chi connectivity index (χ1n) is 1.91. The summed E-state index contributed by atoms with van der Waals surface area (Å²) < 4.78 is 0. The van der Waals surface area contributed by atoms with E-state index in [0.717, 1.165) is 0 Å². The van der Waals surface area contributed by atoms with Gasteiger partial charge in [0, 0.05) is 0 Å². The maximum atomic E-state index is 8.17. The predicted octanol–water partition coefficient (Wildman–Crippen LogP) is -1.23. The van der Waals surface area contributed by atoms with Crippen molar-refractivity contribution in [2.75, 3.05) is 13.2 Å². The quantitative estimate of drug-likeness (QED) is 0.259. The Labute approximate surface area is 58.5 Å². The van der Waals surface area contributed by atoms with E-state index in [4.69, 9.17) is 25.8 Å². The van der Waals surface area contributed by atoms with Gasteiger partial charge in [-0.2, -0.15) is 0 Å². The zero-order valence-electron chi connectivity index (χ0n) is 4.64. The Balaban J connectivity index is -0.000000109. The Morgan fingerprint density at radius 2 is 1.22 bits per heavy atom. The molecule has 0 radical (unpaired) electrons. The summed E-state index contributed by atoms with van der Waals surface area (Å²) in [6, 6.07) is 0. The minimum absolute atomic E-state index is 0. The fourth-order valence-corrected chi connectivity index (χ4v) is 0.0577. The normalized spacial score (nSPS) is 7.33. The summed E-state index contributed by atoms with van der Waals surface area (Å²) in [6.07, 6.45) is -0.954. The van der Waals surface area contributed by atoms with Crippen LogP contribution in [0.1, 0.15) is 0 Å². The van der Waals surface area contributed by atoms with E-state index in [0.29, 0.717) is 0 Å². The van der Waals surface area contributed by atoms with Crippen LogP contribution < -0.4 is 0 Å². The van der Waals surface area contributed by atoms with Crippen LogP contribution in [0.2, 0.25) is 0 Å². The average Bonchev–Trinajstić information content (AvgIpc) is 1.91. The van der Waals surface area contributed by atoms with Gasteiger partial charge in [0.15, 0.2) is 0 Å². The van der Waals surface area contributed by atoms with Gasteiger partial charge in [0.2, 0.25) is 0 Å². The largest absolute Gasteiger partial charge is 0.394 e. The van der Waals surface area contributed by atoms with Crippen LogP contribution in [0.5, 0.6) is 0 Å². The summed E-state index contributed by atoms with van der Waals surface area (Å²) in [5.41, 5.74) is 0. The second kappa shape index (κ2) is 15.7. The highest BCUT2D eigenvalue weighted by Gasteiger charge is 1.93. The molecule has 0 fully saturated rings. The van der Waals surface area contributed by atoms with Crippen LogP contribution in [0.15, 0.2) is 0 Å².